The van der Waals surface area contributed by atoms with Crippen molar-refractivity contribution in [2.45, 2.75) is 33.6 Å². The van der Waals surface area contributed by atoms with E-state index in [1.165, 1.54) is 22.3 Å². The molecule has 0 bridgehead atoms. The van der Waals surface area contributed by atoms with Crippen molar-refractivity contribution in [1.82, 2.24) is 0 Å². The molecule has 0 amide bonds. The highest BCUT2D eigenvalue weighted by Crippen LogP contribution is 2.58. The zero-order valence-corrected chi connectivity index (χ0v) is 12.4. The Labute approximate surface area is 116 Å². The summed E-state index contributed by atoms with van der Waals surface area (Å²) in [4.78, 5) is 0. The molecular weight excluding hydrogens is 230 g/mol. The largest absolute Gasteiger partial charge is 0.398 e. The highest BCUT2D eigenvalue weighted by Gasteiger charge is 2.46. The Kier molecular flexibility index (Phi) is 3.17. The molecule has 0 heterocycles. The van der Waals surface area contributed by atoms with Crippen molar-refractivity contribution in [3.63, 3.8) is 0 Å². The van der Waals surface area contributed by atoms with Crippen LogP contribution >= 0.6 is 0 Å². The van der Waals surface area contributed by atoms with Gasteiger partial charge in [-0.15, -0.1) is 6.58 Å². The lowest BCUT2D eigenvalue weighted by atomic mass is 9.95. The van der Waals surface area contributed by atoms with Crippen LogP contribution in [0.3, 0.4) is 0 Å². The number of rotatable bonds is 3. The van der Waals surface area contributed by atoms with Gasteiger partial charge in [-0.1, -0.05) is 32.6 Å². The van der Waals surface area contributed by atoms with E-state index < -0.39 is 0 Å². The monoisotopic (exact) mass is 253 g/mol. The molecule has 1 aromatic carbocycles. The Hall–Kier alpha value is -1.76. The first-order valence-electron chi connectivity index (χ1n) is 6.76. The van der Waals surface area contributed by atoms with Crippen LogP contribution in [0.25, 0.3) is 6.08 Å². The number of hydrogen-bond donors (Lipinski definition) is 1. The molecule has 1 fully saturated rings. The first-order chi connectivity index (χ1) is 8.81. The molecule has 19 heavy (non-hydrogen) atoms. The SMILES string of the molecule is C=CC1(C)C(=C)/C1=C/c1cc(C)c(N)c(C(C)C)c1. The van der Waals surface area contributed by atoms with Gasteiger partial charge in [-0.2, -0.15) is 0 Å². The minimum atomic E-state index is -0.00666. The van der Waals surface area contributed by atoms with Gasteiger partial charge >= 0.3 is 0 Å². The van der Waals surface area contributed by atoms with Crippen LogP contribution in [0.2, 0.25) is 0 Å². The van der Waals surface area contributed by atoms with Crippen LogP contribution in [0.15, 0.2) is 42.5 Å². The third kappa shape index (κ3) is 2.14. The van der Waals surface area contributed by atoms with Crippen molar-refractivity contribution >= 4 is 11.8 Å². The summed E-state index contributed by atoms with van der Waals surface area (Å²) in [5, 5.41) is 0. The molecule has 0 radical (unpaired) electrons. The number of aryl methyl sites for hydroxylation is 1. The van der Waals surface area contributed by atoms with Crippen molar-refractivity contribution in [3.8, 4) is 0 Å². The average molecular weight is 253 g/mol. The van der Waals surface area contributed by atoms with Gasteiger partial charge in [0.2, 0.25) is 0 Å². The Morgan fingerprint density at radius 2 is 1.95 bits per heavy atom. The van der Waals surface area contributed by atoms with E-state index in [-0.39, 0.29) is 5.41 Å². The summed E-state index contributed by atoms with van der Waals surface area (Å²) in [5.41, 5.74) is 13.1. The summed E-state index contributed by atoms with van der Waals surface area (Å²) < 4.78 is 0. The molecule has 0 aromatic heterocycles. The van der Waals surface area contributed by atoms with E-state index in [1.54, 1.807) is 0 Å². The summed E-state index contributed by atoms with van der Waals surface area (Å²) in [6.45, 7) is 16.6. The van der Waals surface area contributed by atoms with Gasteiger partial charge in [-0.3, -0.25) is 0 Å². The highest BCUT2D eigenvalue weighted by atomic mass is 14.6. The Morgan fingerprint density at radius 1 is 1.32 bits per heavy atom. The number of nitrogen functional groups attached to an aromatic ring is 1. The molecular formula is C18H23N. The van der Waals surface area contributed by atoms with E-state index in [0.717, 1.165) is 11.3 Å². The molecule has 2 N–H and O–H groups in total. The smallest absolute Gasteiger partial charge is 0.0379 e. The number of allylic oxidation sites excluding steroid dienone is 3. The van der Waals surface area contributed by atoms with E-state index in [4.69, 9.17) is 5.73 Å². The second kappa shape index (κ2) is 4.41. The predicted molar refractivity (Wildman–Crippen MR) is 85.1 cm³/mol. The summed E-state index contributed by atoms with van der Waals surface area (Å²) in [5.74, 6) is 0.435. The van der Waals surface area contributed by atoms with Crippen molar-refractivity contribution in [2.24, 2.45) is 5.41 Å². The van der Waals surface area contributed by atoms with Crippen LogP contribution < -0.4 is 5.73 Å². The lowest BCUT2D eigenvalue weighted by molar-refractivity contribution is 0.851. The van der Waals surface area contributed by atoms with E-state index >= 15 is 0 Å². The van der Waals surface area contributed by atoms with Gasteiger partial charge in [0.15, 0.2) is 0 Å². The second-order valence-corrected chi connectivity index (χ2v) is 5.94. The van der Waals surface area contributed by atoms with E-state index in [0.29, 0.717) is 5.92 Å². The van der Waals surface area contributed by atoms with E-state index in [1.807, 2.05) is 6.08 Å². The first kappa shape index (κ1) is 13.7. The normalized spacial score (nSPS) is 24.1. The summed E-state index contributed by atoms with van der Waals surface area (Å²) in [7, 11) is 0. The van der Waals surface area contributed by atoms with Gasteiger partial charge in [0.25, 0.3) is 0 Å². The molecule has 2 rings (SSSR count). The molecule has 100 valence electrons. The standard InChI is InChI=1S/C18H23N/c1-7-18(6)13(5)16(18)10-14-8-12(4)17(19)15(9-14)11(2)3/h7-11H,1,5,19H2,2-4,6H3/b16-10-. The molecule has 0 spiro atoms. The van der Waals surface area contributed by atoms with Crippen LogP contribution in [0.5, 0.6) is 0 Å². The minimum absolute atomic E-state index is 0.00666. The van der Waals surface area contributed by atoms with Crippen LogP contribution in [-0.2, 0) is 0 Å². The van der Waals surface area contributed by atoms with Crippen LogP contribution in [0, 0.1) is 12.3 Å². The molecule has 0 aliphatic heterocycles. The molecule has 1 aromatic rings. The second-order valence-electron chi connectivity index (χ2n) is 5.94. The fraction of sp³-hybridized carbons (Fsp3) is 0.333. The summed E-state index contributed by atoms with van der Waals surface area (Å²) in [6.07, 6.45) is 4.18. The maximum absolute atomic E-state index is 6.15. The van der Waals surface area contributed by atoms with Crippen molar-refractivity contribution in [2.75, 3.05) is 5.73 Å². The van der Waals surface area contributed by atoms with Gasteiger partial charge in [-0.05, 0) is 59.7 Å². The topological polar surface area (TPSA) is 26.0 Å². The Balaban J connectivity index is 2.47. The fourth-order valence-electron chi connectivity index (χ4n) is 2.54. The third-order valence-electron chi connectivity index (χ3n) is 4.23. The molecule has 1 nitrogen and oxygen atoms in total. The van der Waals surface area contributed by atoms with Crippen LogP contribution in [0.4, 0.5) is 5.69 Å². The molecule has 1 atom stereocenters. The number of benzene rings is 1. The predicted octanol–water partition coefficient (Wildman–Crippen LogP) is 4.85. The highest BCUT2D eigenvalue weighted by molar-refractivity contribution is 5.77. The minimum Gasteiger partial charge on any atom is -0.398 e. The number of nitrogens with two attached hydrogens (primary N) is 1. The van der Waals surface area contributed by atoms with E-state index in [9.17, 15) is 0 Å². The van der Waals surface area contributed by atoms with Gasteiger partial charge in [0.05, 0.1) is 0 Å². The van der Waals surface area contributed by atoms with Crippen molar-refractivity contribution in [1.29, 1.82) is 0 Å². The molecule has 1 aliphatic carbocycles. The number of anilines is 1. The van der Waals surface area contributed by atoms with Gasteiger partial charge < -0.3 is 5.73 Å². The Bertz CT molecular complexity index is 590. The van der Waals surface area contributed by atoms with Crippen LogP contribution in [-0.4, -0.2) is 0 Å². The van der Waals surface area contributed by atoms with Crippen molar-refractivity contribution < 1.29 is 0 Å². The lowest BCUT2D eigenvalue weighted by Crippen LogP contribution is -2.00. The zero-order valence-electron chi connectivity index (χ0n) is 12.4. The molecule has 0 saturated heterocycles. The lowest BCUT2D eigenvalue weighted by Gasteiger charge is -2.13. The van der Waals surface area contributed by atoms with Gasteiger partial charge in [0, 0.05) is 11.1 Å². The summed E-state index contributed by atoms with van der Waals surface area (Å²) >= 11 is 0. The Morgan fingerprint density at radius 3 is 2.42 bits per heavy atom. The third-order valence-corrected chi connectivity index (χ3v) is 4.23. The molecule has 1 aliphatic rings. The molecule has 1 heteroatoms. The van der Waals surface area contributed by atoms with Crippen molar-refractivity contribution in [3.05, 3.63) is 59.2 Å². The summed E-state index contributed by atoms with van der Waals surface area (Å²) in [6, 6.07) is 4.33. The molecule has 1 saturated carbocycles. The maximum Gasteiger partial charge on any atom is 0.0379 e. The van der Waals surface area contributed by atoms with Gasteiger partial charge in [0.1, 0.15) is 0 Å². The van der Waals surface area contributed by atoms with Crippen LogP contribution in [0.1, 0.15) is 43.4 Å². The quantitative estimate of drug-likeness (QED) is 0.605. The fourth-order valence-corrected chi connectivity index (χ4v) is 2.54. The molecule has 1 unspecified atom stereocenters. The maximum atomic E-state index is 6.15. The average Bonchev–Trinajstić information content (AvgIpc) is 2.87. The van der Waals surface area contributed by atoms with E-state index in [2.05, 4.69) is 59.1 Å². The number of hydrogen-bond acceptors (Lipinski definition) is 1. The zero-order chi connectivity index (χ0) is 14.4. The van der Waals surface area contributed by atoms with Gasteiger partial charge in [-0.25, -0.2) is 0 Å². The first-order valence-corrected chi connectivity index (χ1v) is 6.76.